The van der Waals surface area contributed by atoms with E-state index in [9.17, 15) is 24.9 Å². The molecule has 0 heterocycles. The van der Waals surface area contributed by atoms with Crippen molar-refractivity contribution in [3.8, 4) is 0 Å². The highest BCUT2D eigenvalue weighted by molar-refractivity contribution is 6.07. The number of aliphatic hydroxyl groups is 3. The molecule has 0 aromatic rings. The number of hydrogen-bond donors (Lipinski definition) is 3. The minimum absolute atomic E-state index is 0.0157. The molecule has 0 radical (unpaired) electrons. The number of carbonyl (C=O) groups excluding carboxylic acids is 2. The van der Waals surface area contributed by atoms with Crippen molar-refractivity contribution in [1.29, 1.82) is 0 Å². The minimum atomic E-state index is -0.917. The van der Waals surface area contributed by atoms with Crippen LogP contribution < -0.4 is 0 Å². The van der Waals surface area contributed by atoms with E-state index in [1.54, 1.807) is 6.92 Å². The molecule has 27 heavy (non-hydrogen) atoms. The molecule has 0 saturated heterocycles. The molecule has 0 aliphatic heterocycles. The summed E-state index contributed by atoms with van der Waals surface area (Å²) in [6.45, 7) is 7.81. The van der Waals surface area contributed by atoms with Crippen LogP contribution in [0.15, 0.2) is 22.9 Å². The molecule has 7 atom stereocenters. The Kier molecular flexibility index (Phi) is 3.86. The van der Waals surface area contributed by atoms with Crippen LogP contribution in [-0.2, 0) is 9.59 Å². The summed E-state index contributed by atoms with van der Waals surface area (Å²) in [4.78, 5) is 24.4. The summed E-state index contributed by atoms with van der Waals surface area (Å²) >= 11 is 0. The molecule has 0 unspecified atom stereocenters. The first-order valence-corrected chi connectivity index (χ1v) is 10.2. The van der Waals surface area contributed by atoms with Gasteiger partial charge in [-0.05, 0) is 80.6 Å². The van der Waals surface area contributed by atoms with E-state index in [1.165, 1.54) is 0 Å². The van der Waals surface area contributed by atoms with Crippen molar-refractivity contribution in [1.82, 2.24) is 0 Å². The fourth-order valence-electron chi connectivity index (χ4n) is 7.61. The van der Waals surface area contributed by atoms with Gasteiger partial charge in [0.05, 0.1) is 5.41 Å². The molecule has 3 saturated carbocycles. The van der Waals surface area contributed by atoms with Gasteiger partial charge >= 0.3 is 0 Å². The lowest BCUT2D eigenvalue weighted by Gasteiger charge is -2.58. The topological polar surface area (TPSA) is 94.8 Å². The van der Waals surface area contributed by atoms with E-state index in [4.69, 9.17) is 0 Å². The molecule has 3 fully saturated rings. The minimum Gasteiger partial charge on any atom is -0.507 e. The largest absolute Gasteiger partial charge is 0.507 e. The van der Waals surface area contributed by atoms with Crippen LogP contribution in [0.3, 0.4) is 0 Å². The predicted octanol–water partition coefficient (Wildman–Crippen LogP) is 4.40. The molecule has 0 amide bonds. The summed E-state index contributed by atoms with van der Waals surface area (Å²) in [7, 11) is 0. The Morgan fingerprint density at radius 1 is 1.04 bits per heavy atom. The Balaban J connectivity index is 1.81. The zero-order valence-electron chi connectivity index (χ0n) is 16.6. The fourth-order valence-corrected chi connectivity index (χ4v) is 7.61. The highest BCUT2D eigenvalue weighted by atomic mass is 16.3. The number of Topliss-reactive ketones (excluding diaryl/α,β-unsaturated/α-hetero) is 2. The van der Waals surface area contributed by atoms with Gasteiger partial charge in [-0.3, -0.25) is 9.59 Å². The Bertz CT molecular complexity index is 793. The molecule has 4 aliphatic rings. The number of hydrogen-bond acceptors (Lipinski definition) is 5. The van der Waals surface area contributed by atoms with E-state index in [0.717, 1.165) is 32.1 Å². The number of aliphatic hydroxyl groups excluding tert-OH is 3. The van der Waals surface area contributed by atoms with Gasteiger partial charge in [-0.2, -0.15) is 0 Å². The lowest BCUT2D eigenvalue weighted by atomic mass is 9.45. The fraction of sp³-hybridized carbons (Fsp3) is 0.727. The molecule has 5 nitrogen and oxygen atoms in total. The second kappa shape index (κ2) is 5.62. The van der Waals surface area contributed by atoms with Crippen molar-refractivity contribution in [3.63, 3.8) is 0 Å². The Morgan fingerprint density at radius 3 is 2.33 bits per heavy atom. The summed E-state index contributed by atoms with van der Waals surface area (Å²) in [6.07, 6.45) is 4.47. The molecular formula is C22H30O5. The van der Waals surface area contributed by atoms with E-state index in [0.29, 0.717) is 17.4 Å². The number of ketones is 2. The van der Waals surface area contributed by atoms with Crippen molar-refractivity contribution < 1.29 is 24.9 Å². The average molecular weight is 374 g/mol. The van der Waals surface area contributed by atoms with Gasteiger partial charge < -0.3 is 15.3 Å². The number of carbonyl (C=O) groups is 2. The normalized spacial score (nSPS) is 46.8. The number of allylic oxidation sites excluding steroid dienone is 1. The maximum atomic E-state index is 12.2. The molecular weight excluding hydrogens is 344 g/mol. The highest BCUT2D eigenvalue weighted by Crippen LogP contribution is 2.68. The van der Waals surface area contributed by atoms with Gasteiger partial charge in [0, 0.05) is 5.92 Å². The molecule has 0 aromatic carbocycles. The van der Waals surface area contributed by atoms with Gasteiger partial charge in [0.25, 0.3) is 5.78 Å². The Hall–Kier alpha value is -1.78. The first-order chi connectivity index (χ1) is 12.5. The molecule has 5 heteroatoms. The van der Waals surface area contributed by atoms with Crippen LogP contribution in [-0.4, -0.2) is 26.9 Å². The van der Waals surface area contributed by atoms with E-state index in [2.05, 4.69) is 6.92 Å². The molecule has 0 spiro atoms. The lowest BCUT2D eigenvalue weighted by Crippen LogP contribution is -2.54. The van der Waals surface area contributed by atoms with Crippen molar-refractivity contribution in [2.24, 2.45) is 40.4 Å². The monoisotopic (exact) mass is 374 g/mol. The number of rotatable bonds is 1. The maximum absolute atomic E-state index is 12.2. The summed E-state index contributed by atoms with van der Waals surface area (Å²) < 4.78 is 0. The quantitative estimate of drug-likeness (QED) is 0.632. The van der Waals surface area contributed by atoms with Crippen molar-refractivity contribution in [3.05, 3.63) is 22.9 Å². The number of fused-ring (bicyclic) bond motifs is 5. The first kappa shape index (κ1) is 18.6. The molecule has 4 aliphatic carbocycles. The summed E-state index contributed by atoms with van der Waals surface area (Å²) in [6, 6.07) is 0. The second-order valence-electron chi connectivity index (χ2n) is 9.79. The highest BCUT2D eigenvalue weighted by Gasteiger charge is 2.63. The average Bonchev–Trinajstić information content (AvgIpc) is 2.96. The van der Waals surface area contributed by atoms with E-state index >= 15 is 0 Å². The lowest BCUT2D eigenvalue weighted by molar-refractivity contribution is -0.129. The summed E-state index contributed by atoms with van der Waals surface area (Å²) in [5.41, 5.74) is -0.355. The van der Waals surface area contributed by atoms with Gasteiger partial charge in [0.2, 0.25) is 5.76 Å². The Morgan fingerprint density at radius 2 is 1.70 bits per heavy atom. The zero-order valence-corrected chi connectivity index (χ0v) is 16.6. The third kappa shape index (κ3) is 2.11. The standard InChI is InChI=1S/C22H30O5/c1-10-9-12-14-6-5-13(11(2)23)21(14,3)8-7-15(12)22(4)16(10)17(24)18(25)19(26)20(22)27/h10,12-15,24,26-27H,5-9H2,1-4H3/t10-,12-,13+,14-,15-,21+,22+/m0/s1. The van der Waals surface area contributed by atoms with Crippen molar-refractivity contribution in [2.45, 2.75) is 59.8 Å². The molecule has 4 rings (SSSR count). The molecule has 0 aromatic heterocycles. The van der Waals surface area contributed by atoms with Gasteiger partial charge in [0.1, 0.15) is 11.5 Å². The zero-order chi connectivity index (χ0) is 19.9. The van der Waals surface area contributed by atoms with Crippen LogP contribution >= 0.6 is 0 Å². The van der Waals surface area contributed by atoms with E-state index in [-0.39, 0.29) is 40.5 Å². The van der Waals surface area contributed by atoms with Crippen LogP contribution in [0.5, 0.6) is 0 Å². The van der Waals surface area contributed by atoms with Gasteiger partial charge in [-0.1, -0.05) is 13.8 Å². The van der Waals surface area contributed by atoms with Crippen LogP contribution in [0.25, 0.3) is 0 Å². The van der Waals surface area contributed by atoms with Gasteiger partial charge in [-0.15, -0.1) is 0 Å². The predicted molar refractivity (Wildman–Crippen MR) is 100 cm³/mol. The van der Waals surface area contributed by atoms with Gasteiger partial charge in [-0.25, -0.2) is 0 Å². The third-order valence-corrected chi connectivity index (χ3v) is 8.75. The SMILES string of the molecule is CC(=O)[C@H]1CC[C@H]2[C@@H]3C[C@H](C)C4=C(O)C(=O)C(O)=C(O)[C@]4(C)[C@H]3CC[C@]12C. The van der Waals surface area contributed by atoms with E-state index in [1.807, 2.05) is 13.8 Å². The maximum Gasteiger partial charge on any atom is 0.265 e. The first-order valence-electron chi connectivity index (χ1n) is 10.2. The van der Waals surface area contributed by atoms with E-state index < -0.39 is 17.0 Å². The van der Waals surface area contributed by atoms with Crippen molar-refractivity contribution >= 4 is 11.6 Å². The molecule has 3 N–H and O–H groups in total. The van der Waals surface area contributed by atoms with Crippen LogP contribution in [0.4, 0.5) is 0 Å². The summed E-state index contributed by atoms with van der Waals surface area (Å²) in [5.74, 6) is -1.21. The second-order valence-corrected chi connectivity index (χ2v) is 9.79. The van der Waals surface area contributed by atoms with Gasteiger partial charge in [0.15, 0.2) is 5.76 Å². The van der Waals surface area contributed by atoms with Crippen LogP contribution in [0, 0.1) is 40.4 Å². The molecule has 148 valence electrons. The Labute approximate surface area is 160 Å². The van der Waals surface area contributed by atoms with Crippen LogP contribution in [0.1, 0.15) is 59.8 Å². The third-order valence-electron chi connectivity index (χ3n) is 8.75. The van der Waals surface area contributed by atoms with Crippen molar-refractivity contribution in [2.75, 3.05) is 0 Å². The smallest absolute Gasteiger partial charge is 0.265 e. The molecule has 0 bridgehead atoms. The van der Waals surface area contributed by atoms with Crippen LogP contribution in [0.2, 0.25) is 0 Å². The summed E-state index contributed by atoms with van der Waals surface area (Å²) in [5, 5.41) is 31.5.